The topological polar surface area (TPSA) is 46.3 Å². The number of nitrogens with two attached hydrogens (primary N) is 1. The number of rotatable bonds is 4. The second-order valence-corrected chi connectivity index (χ2v) is 8.48. The number of nitrogens with zero attached hydrogens (tertiary/aromatic N) is 1. The lowest BCUT2D eigenvalue weighted by molar-refractivity contribution is -0.0629. The summed E-state index contributed by atoms with van der Waals surface area (Å²) in [6, 6.07) is 7.76. The lowest BCUT2D eigenvalue weighted by Crippen LogP contribution is -2.51. The molecular weight excluding hydrogens is 284 g/mol. The molecule has 0 saturated heterocycles. The Kier molecular flexibility index (Phi) is 3.72. The van der Waals surface area contributed by atoms with Gasteiger partial charge in [0.15, 0.2) is 0 Å². The van der Waals surface area contributed by atoms with Crippen LogP contribution in [-0.4, -0.2) is 24.4 Å². The molecular formula is C20H28N2O. The van der Waals surface area contributed by atoms with Crippen molar-refractivity contribution < 1.29 is 4.79 Å². The molecule has 0 aliphatic heterocycles. The Morgan fingerprint density at radius 2 is 1.61 bits per heavy atom. The van der Waals surface area contributed by atoms with Gasteiger partial charge in [-0.3, -0.25) is 4.79 Å². The third-order valence-electron chi connectivity index (χ3n) is 6.52. The minimum absolute atomic E-state index is 0.157. The molecule has 23 heavy (non-hydrogen) atoms. The highest BCUT2D eigenvalue weighted by Crippen LogP contribution is 2.60. The molecule has 1 amide bonds. The molecule has 0 unspecified atom stereocenters. The third-order valence-corrected chi connectivity index (χ3v) is 6.52. The van der Waals surface area contributed by atoms with E-state index in [2.05, 4.69) is 0 Å². The fraction of sp³-hybridized carbons (Fsp3) is 0.650. The fourth-order valence-corrected chi connectivity index (χ4v) is 6.06. The van der Waals surface area contributed by atoms with Gasteiger partial charge in [-0.05, 0) is 79.4 Å². The first-order chi connectivity index (χ1) is 11.1. The van der Waals surface area contributed by atoms with Gasteiger partial charge in [-0.2, -0.15) is 0 Å². The van der Waals surface area contributed by atoms with E-state index in [-0.39, 0.29) is 5.91 Å². The lowest BCUT2D eigenvalue weighted by Gasteiger charge is -2.57. The van der Waals surface area contributed by atoms with Gasteiger partial charge >= 0.3 is 0 Å². The summed E-state index contributed by atoms with van der Waals surface area (Å²) < 4.78 is 0. The maximum atomic E-state index is 12.8. The Bertz CT molecular complexity index is 557. The smallest absolute Gasteiger partial charge is 0.253 e. The first-order valence-corrected chi connectivity index (χ1v) is 9.11. The molecule has 3 nitrogen and oxygen atoms in total. The van der Waals surface area contributed by atoms with Crippen molar-refractivity contribution >= 4 is 5.91 Å². The SMILES string of the molecule is CN(CC12CC3CC(CC(C3)C1)C2)C(=O)c1ccc(CN)cc1. The Hall–Kier alpha value is -1.35. The van der Waals surface area contributed by atoms with E-state index in [0.717, 1.165) is 35.4 Å². The molecule has 4 aliphatic rings. The third kappa shape index (κ3) is 2.80. The molecule has 0 radical (unpaired) electrons. The van der Waals surface area contributed by atoms with Crippen molar-refractivity contribution in [3.05, 3.63) is 35.4 Å². The average Bonchev–Trinajstić information content (AvgIpc) is 2.52. The molecule has 0 spiro atoms. The van der Waals surface area contributed by atoms with Crippen LogP contribution in [0.2, 0.25) is 0 Å². The van der Waals surface area contributed by atoms with Gasteiger partial charge in [0.2, 0.25) is 0 Å². The molecule has 0 heterocycles. The van der Waals surface area contributed by atoms with E-state index < -0.39 is 0 Å². The van der Waals surface area contributed by atoms with E-state index in [1.54, 1.807) is 0 Å². The summed E-state index contributed by atoms with van der Waals surface area (Å²) in [5.41, 5.74) is 7.91. The minimum atomic E-state index is 0.157. The molecule has 4 saturated carbocycles. The molecule has 5 rings (SSSR count). The maximum Gasteiger partial charge on any atom is 0.253 e. The van der Waals surface area contributed by atoms with Crippen molar-refractivity contribution in [2.24, 2.45) is 28.9 Å². The minimum Gasteiger partial charge on any atom is -0.341 e. The zero-order valence-corrected chi connectivity index (χ0v) is 14.1. The van der Waals surface area contributed by atoms with Crippen molar-refractivity contribution in [2.45, 2.75) is 45.1 Å². The molecule has 1 aromatic carbocycles. The molecule has 4 aliphatic carbocycles. The van der Waals surface area contributed by atoms with E-state index in [1.807, 2.05) is 36.2 Å². The molecule has 1 aromatic rings. The van der Waals surface area contributed by atoms with Crippen LogP contribution in [0.25, 0.3) is 0 Å². The average molecular weight is 312 g/mol. The molecule has 3 heteroatoms. The number of amides is 1. The van der Waals surface area contributed by atoms with E-state index in [4.69, 9.17) is 5.73 Å². The molecule has 0 atom stereocenters. The van der Waals surface area contributed by atoms with Gasteiger partial charge < -0.3 is 10.6 Å². The van der Waals surface area contributed by atoms with Gasteiger partial charge in [0.25, 0.3) is 5.91 Å². The van der Waals surface area contributed by atoms with Gasteiger partial charge in [-0.25, -0.2) is 0 Å². The summed E-state index contributed by atoms with van der Waals surface area (Å²) in [6.07, 6.45) is 8.42. The van der Waals surface area contributed by atoms with Crippen LogP contribution in [0.4, 0.5) is 0 Å². The van der Waals surface area contributed by atoms with Crippen LogP contribution in [0, 0.1) is 23.2 Å². The first kappa shape index (κ1) is 15.2. The van der Waals surface area contributed by atoms with Crippen LogP contribution in [0.15, 0.2) is 24.3 Å². The number of hydrogen-bond donors (Lipinski definition) is 1. The normalized spacial score (nSPS) is 34.6. The van der Waals surface area contributed by atoms with Crippen molar-refractivity contribution in [2.75, 3.05) is 13.6 Å². The van der Waals surface area contributed by atoms with E-state index >= 15 is 0 Å². The Morgan fingerprint density at radius 3 is 2.09 bits per heavy atom. The van der Waals surface area contributed by atoms with E-state index in [9.17, 15) is 4.79 Å². The lowest BCUT2D eigenvalue weighted by atomic mass is 9.49. The van der Waals surface area contributed by atoms with Gasteiger partial charge in [0.05, 0.1) is 0 Å². The maximum absolute atomic E-state index is 12.8. The summed E-state index contributed by atoms with van der Waals surface area (Å²) in [5.74, 6) is 2.97. The monoisotopic (exact) mass is 312 g/mol. The van der Waals surface area contributed by atoms with E-state index in [1.165, 1.54) is 38.5 Å². The van der Waals surface area contributed by atoms with Gasteiger partial charge in [-0.15, -0.1) is 0 Å². The van der Waals surface area contributed by atoms with Gasteiger partial charge in [0, 0.05) is 25.7 Å². The molecule has 124 valence electrons. The summed E-state index contributed by atoms with van der Waals surface area (Å²) in [7, 11) is 1.98. The standard InChI is InChI=1S/C20H28N2O/c1-22(19(23)18-4-2-14(12-21)3-5-18)13-20-9-15-6-16(10-20)8-17(7-15)11-20/h2-5,15-17H,6-13,21H2,1H3. The predicted molar refractivity (Wildman–Crippen MR) is 91.9 cm³/mol. The second-order valence-electron chi connectivity index (χ2n) is 8.48. The quantitative estimate of drug-likeness (QED) is 0.926. The van der Waals surface area contributed by atoms with Crippen LogP contribution in [0.1, 0.15) is 54.4 Å². The Labute approximate surface area is 139 Å². The van der Waals surface area contributed by atoms with Crippen LogP contribution >= 0.6 is 0 Å². The first-order valence-electron chi connectivity index (χ1n) is 9.11. The highest BCUT2D eigenvalue weighted by Gasteiger charge is 2.51. The van der Waals surface area contributed by atoms with Crippen molar-refractivity contribution in [3.8, 4) is 0 Å². The van der Waals surface area contributed by atoms with Crippen molar-refractivity contribution in [1.29, 1.82) is 0 Å². The van der Waals surface area contributed by atoms with Gasteiger partial charge in [0.1, 0.15) is 0 Å². The Morgan fingerprint density at radius 1 is 1.09 bits per heavy atom. The Balaban J connectivity index is 1.46. The molecule has 2 N–H and O–H groups in total. The number of benzene rings is 1. The highest BCUT2D eigenvalue weighted by molar-refractivity contribution is 5.94. The van der Waals surface area contributed by atoms with Crippen LogP contribution in [0.5, 0.6) is 0 Å². The van der Waals surface area contributed by atoms with E-state index in [0.29, 0.717) is 12.0 Å². The molecule has 4 fully saturated rings. The summed E-state index contributed by atoms with van der Waals surface area (Å²) in [5, 5.41) is 0. The second kappa shape index (κ2) is 5.62. The summed E-state index contributed by atoms with van der Waals surface area (Å²) in [6.45, 7) is 1.46. The zero-order valence-electron chi connectivity index (χ0n) is 14.1. The van der Waals surface area contributed by atoms with Crippen LogP contribution < -0.4 is 5.73 Å². The molecule has 4 bridgehead atoms. The fourth-order valence-electron chi connectivity index (χ4n) is 6.06. The number of hydrogen-bond acceptors (Lipinski definition) is 2. The highest BCUT2D eigenvalue weighted by atomic mass is 16.2. The number of carbonyl (C=O) groups is 1. The van der Waals surface area contributed by atoms with Crippen molar-refractivity contribution in [3.63, 3.8) is 0 Å². The van der Waals surface area contributed by atoms with Crippen LogP contribution in [0.3, 0.4) is 0 Å². The largest absolute Gasteiger partial charge is 0.341 e. The molecule has 0 aromatic heterocycles. The van der Waals surface area contributed by atoms with Crippen LogP contribution in [-0.2, 0) is 6.54 Å². The number of carbonyl (C=O) groups excluding carboxylic acids is 1. The summed E-state index contributed by atoms with van der Waals surface area (Å²) >= 11 is 0. The van der Waals surface area contributed by atoms with Gasteiger partial charge in [-0.1, -0.05) is 12.1 Å². The summed E-state index contributed by atoms with van der Waals surface area (Å²) in [4.78, 5) is 14.7. The predicted octanol–water partition coefficient (Wildman–Crippen LogP) is 3.43. The van der Waals surface area contributed by atoms with Crippen molar-refractivity contribution in [1.82, 2.24) is 4.90 Å². The zero-order chi connectivity index (χ0) is 16.0.